The Labute approximate surface area is 202 Å². The molecule has 10 heteroatoms. The molecule has 34 heavy (non-hydrogen) atoms. The number of nitrogens with one attached hydrogen (secondary N) is 1. The quantitative estimate of drug-likeness (QED) is 0.521. The highest BCUT2D eigenvalue weighted by atomic mass is 32.2. The van der Waals surface area contributed by atoms with E-state index >= 15 is 0 Å². The molecule has 0 radical (unpaired) electrons. The Balaban J connectivity index is 1.46. The first-order valence-corrected chi connectivity index (χ1v) is 13.0. The summed E-state index contributed by atoms with van der Waals surface area (Å²) in [4.78, 5) is 26.8. The van der Waals surface area contributed by atoms with Gasteiger partial charge in [0.25, 0.3) is 5.91 Å². The first-order chi connectivity index (χ1) is 16.3. The van der Waals surface area contributed by atoms with Crippen LogP contribution in [0.3, 0.4) is 0 Å². The number of rotatable bonds is 6. The van der Waals surface area contributed by atoms with Crippen molar-refractivity contribution in [2.75, 3.05) is 43.5 Å². The minimum Gasteiger partial charge on any atom is -0.465 e. The first-order valence-electron chi connectivity index (χ1n) is 10.7. The highest BCUT2D eigenvalue weighted by Crippen LogP contribution is 2.28. The highest BCUT2D eigenvalue weighted by molar-refractivity contribution is 7.89. The molecule has 4 rings (SSSR count). The maximum absolute atomic E-state index is 13.4. The summed E-state index contributed by atoms with van der Waals surface area (Å²) >= 11 is 1.08. The van der Waals surface area contributed by atoms with Crippen LogP contribution in [-0.2, 0) is 14.8 Å². The smallest absolute Gasteiger partial charge is 0.337 e. The van der Waals surface area contributed by atoms with Crippen molar-refractivity contribution in [1.82, 2.24) is 4.31 Å². The van der Waals surface area contributed by atoms with Crippen molar-refractivity contribution in [2.24, 2.45) is 0 Å². The number of amides is 1. The van der Waals surface area contributed by atoms with Gasteiger partial charge in [-0.25, -0.2) is 13.2 Å². The van der Waals surface area contributed by atoms with Crippen LogP contribution in [0.1, 0.15) is 25.6 Å². The van der Waals surface area contributed by atoms with Crippen molar-refractivity contribution in [3.05, 3.63) is 76.0 Å². The molecule has 1 saturated heterocycles. The number of piperazine rings is 1. The van der Waals surface area contributed by atoms with E-state index in [1.807, 2.05) is 25.1 Å². The van der Waals surface area contributed by atoms with E-state index in [1.165, 1.54) is 29.6 Å². The average molecular weight is 500 g/mol. The van der Waals surface area contributed by atoms with Crippen molar-refractivity contribution in [3.63, 3.8) is 0 Å². The maximum Gasteiger partial charge on any atom is 0.337 e. The summed E-state index contributed by atoms with van der Waals surface area (Å²) in [6.07, 6.45) is 0. The van der Waals surface area contributed by atoms with E-state index in [4.69, 9.17) is 0 Å². The second-order valence-corrected chi connectivity index (χ2v) is 10.7. The second-order valence-electron chi connectivity index (χ2n) is 7.87. The van der Waals surface area contributed by atoms with Crippen LogP contribution in [0.15, 0.2) is 64.9 Å². The van der Waals surface area contributed by atoms with Gasteiger partial charge in [-0.15, -0.1) is 11.3 Å². The zero-order valence-corrected chi connectivity index (χ0v) is 20.5. The van der Waals surface area contributed by atoms with Crippen LogP contribution in [-0.4, -0.2) is 57.9 Å². The summed E-state index contributed by atoms with van der Waals surface area (Å²) in [5.74, 6) is -0.996. The molecular formula is C24H25N3O5S2. The number of anilines is 2. The Kier molecular flexibility index (Phi) is 7.01. The van der Waals surface area contributed by atoms with Gasteiger partial charge in [0.05, 0.1) is 12.7 Å². The lowest BCUT2D eigenvalue weighted by molar-refractivity contribution is 0.0600. The van der Waals surface area contributed by atoms with Crippen LogP contribution in [0.2, 0.25) is 0 Å². The molecule has 0 aliphatic carbocycles. The molecule has 0 atom stereocenters. The van der Waals surface area contributed by atoms with Crippen molar-refractivity contribution in [1.29, 1.82) is 0 Å². The molecule has 2 heterocycles. The van der Waals surface area contributed by atoms with E-state index in [-0.39, 0.29) is 9.77 Å². The van der Waals surface area contributed by atoms with E-state index in [1.54, 1.807) is 17.5 Å². The summed E-state index contributed by atoms with van der Waals surface area (Å²) in [5.41, 5.74) is 3.03. The molecular weight excluding hydrogens is 474 g/mol. The minimum absolute atomic E-state index is 0.00480. The molecule has 0 bridgehead atoms. The second kappa shape index (κ2) is 9.96. The molecule has 1 aromatic heterocycles. The number of hydrogen-bond donors (Lipinski definition) is 1. The number of carbonyl (C=O) groups is 2. The molecule has 1 N–H and O–H groups in total. The van der Waals surface area contributed by atoms with Crippen LogP contribution in [0, 0.1) is 6.92 Å². The standard InChI is InChI=1S/C24H25N3O5S2/c1-17-4-3-5-20(16-17)26-11-13-27(14-12-26)34(30,31)21-10-15-33-22(21)23(28)25-19-8-6-18(7-9-19)24(29)32-2/h3-10,15-16H,11-14H2,1-2H3,(H,25,28). The van der Waals surface area contributed by atoms with Crippen molar-refractivity contribution in [2.45, 2.75) is 11.8 Å². The van der Waals surface area contributed by atoms with Crippen molar-refractivity contribution < 1.29 is 22.7 Å². The van der Waals surface area contributed by atoms with Crippen LogP contribution >= 0.6 is 11.3 Å². The number of carbonyl (C=O) groups excluding carboxylic acids is 2. The van der Waals surface area contributed by atoms with Crippen LogP contribution in [0.5, 0.6) is 0 Å². The van der Waals surface area contributed by atoms with Gasteiger partial charge in [0.2, 0.25) is 10.0 Å². The van der Waals surface area contributed by atoms with Gasteiger partial charge in [0, 0.05) is 37.6 Å². The lowest BCUT2D eigenvalue weighted by atomic mass is 10.2. The van der Waals surface area contributed by atoms with Gasteiger partial charge in [-0.1, -0.05) is 12.1 Å². The summed E-state index contributed by atoms with van der Waals surface area (Å²) in [5, 5.41) is 4.31. The van der Waals surface area contributed by atoms with Crippen LogP contribution < -0.4 is 10.2 Å². The molecule has 178 valence electrons. The van der Waals surface area contributed by atoms with E-state index in [2.05, 4.69) is 21.0 Å². The van der Waals surface area contributed by atoms with Gasteiger partial charge in [0.1, 0.15) is 9.77 Å². The number of aryl methyl sites for hydroxylation is 1. The topological polar surface area (TPSA) is 96.0 Å². The Morgan fingerprint density at radius 3 is 2.35 bits per heavy atom. The number of ether oxygens (including phenoxy) is 1. The molecule has 0 spiro atoms. The number of sulfonamides is 1. The predicted octanol–water partition coefficient (Wildman–Crippen LogP) is 3.61. The van der Waals surface area contributed by atoms with E-state index in [0.29, 0.717) is 37.4 Å². The highest BCUT2D eigenvalue weighted by Gasteiger charge is 2.32. The molecule has 0 saturated carbocycles. The van der Waals surface area contributed by atoms with Crippen molar-refractivity contribution in [3.8, 4) is 0 Å². The third-order valence-electron chi connectivity index (χ3n) is 5.62. The Bertz CT molecular complexity index is 1290. The molecule has 3 aromatic rings. The first kappa shape index (κ1) is 23.9. The molecule has 0 unspecified atom stereocenters. The van der Waals surface area contributed by atoms with Gasteiger partial charge >= 0.3 is 5.97 Å². The summed E-state index contributed by atoms with van der Waals surface area (Å²) < 4.78 is 32.8. The van der Waals surface area contributed by atoms with Gasteiger partial charge in [-0.05, 0) is 60.3 Å². The normalized spacial score (nSPS) is 14.6. The monoisotopic (exact) mass is 499 g/mol. The summed E-state index contributed by atoms with van der Waals surface area (Å²) in [6.45, 7) is 3.84. The van der Waals surface area contributed by atoms with Gasteiger partial charge < -0.3 is 15.0 Å². The number of nitrogens with zero attached hydrogens (tertiary/aromatic N) is 2. The summed E-state index contributed by atoms with van der Waals surface area (Å²) in [6, 6.07) is 15.8. The van der Waals surface area contributed by atoms with Crippen molar-refractivity contribution >= 4 is 44.6 Å². The third kappa shape index (κ3) is 4.98. The minimum atomic E-state index is -3.83. The van der Waals surface area contributed by atoms with E-state index < -0.39 is 21.9 Å². The number of thiophene rings is 1. The molecule has 8 nitrogen and oxygen atoms in total. The Hall–Kier alpha value is -3.21. The van der Waals surface area contributed by atoms with Crippen LogP contribution in [0.4, 0.5) is 11.4 Å². The number of methoxy groups -OCH3 is 1. The number of hydrogen-bond acceptors (Lipinski definition) is 7. The zero-order chi connectivity index (χ0) is 24.3. The molecule has 1 amide bonds. The predicted molar refractivity (Wildman–Crippen MR) is 132 cm³/mol. The lowest BCUT2D eigenvalue weighted by Crippen LogP contribution is -2.48. The Morgan fingerprint density at radius 2 is 1.71 bits per heavy atom. The van der Waals surface area contributed by atoms with Gasteiger partial charge in [-0.3, -0.25) is 4.79 Å². The molecule has 1 fully saturated rings. The molecule has 2 aromatic carbocycles. The molecule has 1 aliphatic rings. The fourth-order valence-corrected chi connectivity index (χ4v) is 6.53. The lowest BCUT2D eigenvalue weighted by Gasteiger charge is -2.35. The Morgan fingerprint density at radius 1 is 1.00 bits per heavy atom. The SMILES string of the molecule is COC(=O)c1ccc(NC(=O)c2sccc2S(=O)(=O)N2CCN(c3cccc(C)c3)CC2)cc1. The van der Waals surface area contributed by atoms with Crippen LogP contribution in [0.25, 0.3) is 0 Å². The van der Waals surface area contributed by atoms with Gasteiger partial charge in [0.15, 0.2) is 0 Å². The number of benzene rings is 2. The fraction of sp³-hybridized carbons (Fsp3) is 0.250. The fourth-order valence-electron chi connectivity index (χ4n) is 3.81. The summed E-state index contributed by atoms with van der Waals surface area (Å²) in [7, 11) is -2.54. The largest absolute Gasteiger partial charge is 0.465 e. The molecule has 1 aliphatic heterocycles. The third-order valence-corrected chi connectivity index (χ3v) is 8.61. The van der Waals surface area contributed by atoms with Gasteiger partial charge in [-0.2, -0.15) is 4.31 Å². The van der Waals surface area contributed by atoms with E-state index in [0.717, 1.165) is 22.6 Å². The zero-order valence-electron chi connectivity index (χ0n) is 18.9. The van der Waals surface area contributed by atoms with E-state index in [9.17, 15) is 18.0 Å². The maximum atomic E-state index is 13.4. The number of esters is 1. The average Bonchev–Trinajstić information content (AvgIpc) is 3.35.